The van der Waals surface area contributed by atoms with Crippen LogP contribution in [0.25, 0.3) is 0 Å². The first-order chi connectivity index (χ1) is 13.8. The number of ketones is 1. The molecule has 3 atom stereocenters. The number of hydrogen-bond acceptors (Lipinski definition) is 8. The number of Topliss-reactive ketones (excluding diaryl/α,β-unsaturated/α-hetero) is 1. The fourth-order valence-electron chi connectivity index (χ4n) is 3.02. The van der Waals surface area contributed by atoms with Gasteiger partial charge in [0.25, 0.3) is 5.69 Å². The molecule has 1 aromatic carbocycles. The summed E-state index contributed by atoms with van der Waals surface area (Å²) in [6.45, 7) is 2.99. The third-order valence-corrected chi connectivity index (χ3v) is 4.38. The Morgan fingerprint density at radius 3 is 2.41 bits per heavy atom. The summed E-state index contributed by atoms with van der Waals surface area (Å²) in [6.07, 6.45) is 1.34. The number of rotatable bonds is 9. The lowest BCUT2D eigenvalue weighted by atomic mass is 9.75. The number of nitro groups is 1. The highest BCUT2D eigenvalue weighted by Crippen LogP contribution is 2.36. The summed E-state index contributed by atoms with van der Waals surface area (Å²) in [5.74, 6) is -5.02. The number of furan rings is 1. The van der Waals surface area contributed by atoms with Gasteiger partial charge in [0.15, 0.2) is 5.78 Å². The molecule has 1 aromatic heterocycles. The molecule has 0 bridgehead atoms. The highest BCUT2D eigenvalue weighted by Gasteiger charge is 2.44. The van der Waals surface area contributed by atoms with E-state index in [0.29, 0.717) is 0 Å². The van der Waals surface area contributed by atoms with Crippen LogP contribution < -0.4 is 0 Å². The molecule has 0 amide bonds. The van der Waals surface area contributed by atoms with Gasteiger partial charge in [-0.25, -0.2) is 0 Å². The Bertz CT molecular complexity index is 944. The second-order valence-corrected chi connectivity index (χ2v) is 6.23. The number of nitriles is 1. The van der Waals surface area contributed by atoms with Crippen LogP contribution in [-0.2, 0) is 9.53 Å². The summed E-state index contributed by atoms with van der Waals surface area (Å²) in [7, 11) is 0. The molecule has 0 fully saturated rings. The zero-order valence-corrected chi connectivity index (χ0v) is 15.8. The predicted molar refractivity (Wildman–Crippen MR) is 102 cm³/mol. The molecular weight excluding hydrogens is 378 g/mol. The average Bonchev–Trinajstić information content (AvgIpc) is 3.22. The normalized spacial score (nSPS) is 13.6. The van der Waals surface area contributed by atoms with Gasteiger partial charge in [0.1, 0.15) is 11.7 Å². The number of nitrogens with zero attached hydrogens (tertiary/aromatic N) is 2. The zero-order chi connectivity index (χ0) is 21.6. The van der Waals surface area contributed by atoms with Gasteiger partial charge in [-0.3, -0.25) is 19.7 Å². The Labute approximate surface area is 166 Å². The monoisotopic (exact) mass is 397 g/mol. The maximum Gasteiger partial charge on any atom is 0.317 e. The topological polar surface area (TPSA) is 147 Å². The van der Waals surface area contributed by atoms with Crippen LogP contribution in [0, 0.1) is 38.7 Å². The van der Waals surface area contributed by atoms with Crippen LogP contribution >= 0.6 is 0 Å². The number of carbonyl (C=O) groups is 2. The predicted octanol–water partition coefficient (Wildman–Crippen LogP) is 3.51. The van der Waals surface area contributed by atoms with Gasteiger partial charge in [0.05, 0.1) is 35.7 Å². The summed E-state index contributed by atoms with van der Waals surface area (Å²) >= 11 is 0. The summed E-state index contributed by atoms with van der Waals surface area (Å²) in [6, 6.07) is 9.82. The molecule has 0 saturated carbocycles. The fourth-order valence-corrected chi connectivity index (χ4v) is 3.02. The lowest BCUT2D eigenvalue weighted by molar-refractivity contribution is -0.384. The molecule has 0 aliphatic carbocycles. The quantitative estimate of drug-likeness (QED) is 0.170. The van der Waals surface area contributed by atoms with E-state index >= 15 is 0 Å². The highest BCUT2D eigenvalue weighted by atomic mass is 16.6. The van der Waals surface area contributed by atoms with Gasteiger partial charge in [-0.1, -0.05) is 0 Å². The Hall–Kier alpha value is -3.80. The van der Waals surface area contributed by atoms with Gasteiger partial charge in [-0.15, -0.1) is 0 Å². The van der Waals surface area contributed by atoms with Gasteiger partial charge in [-0.2, -0.15) is 5.26 Å². The van der Waals surface area contributed by atoms with E-state index in [1.807, 2.05) is 6.07 Å². The van der Waals surface area contributed by atoms with E-state index in [-0.39, 0.29) is 29.3 Å². The first-order valence-corrected chi connectivity index (χ1v) is 8.75. The number of nitro benzene ring substituents is 1. The van der Waals surface area contributed by atoms with E-state index in [1.54, 1.807) is 13.0 Å². The van der Waals surface area contributed by atoms with Crippen LogP contribution in [0.1, 0.15) is 35.9 Å². The van der Waals surface area contributed by atoms with Crippen LogP contribution in [0.4, 0.5) is 5.69 Å². The third kappa shape index (κ3) is 4.73. The molecular formula is C20H19N3O6. The summed E-state index contributed by atoms with van der Waals surface area (Å²) in [5, 5.41) is 28.4. The van der Waals surface area contributed by atoms with Gasteiger partial charge < -0.3 is 14.6 Å². The van der Waals surface area contributed by atoms with Crippen molar-refractivity contribution in [2.24, 2.45) is 11.8 Å². The summed E-state index contributed by atoms with van der Waals surface area (Å²) in [4.78, 5) is 36.2. The minimum atomic E-state index is -1.47. The van der Waals surface area contributed by atoms with Crippen molar-refractivity contribution in [1.82, 2.24) is 0 Å². The van der Waals surface area contributed by atoms with Crippen molar-refractivity contribution in [1.29, 1.82) is 10.7 Å². The molecule has 9 nitrogen and oxygen atoms in total. The Kier molecular flexibility index (Phi) is 6.98. The molecule has 0 aliphatic rings. The second kappa shape index (κ2) is 9.41. The number of hydrogen-bond donors (Lipinski definition) is 1. The van der Waals surface area contributed by atoms with E-state index in [2.05, 4.69) is 0 Å². The number of non-ortho nitro benzene ring substituents is 1. The Morgan fingerprint density at radius 2 is 1.97 bits per heavy atom. The summed E-state index contributed by atoms with van der Waals surface area (Å²) in [5.41, 5.74) is -0.203. The number of ether oxygens (including phenoxy) is 1. The lowest BCUT2D eigenvalue weighted by Gasteiger charge is -2.26. The molecule has 0 aliphatic heterocycles. The van der Waals surface area contributed by atoms with E-state index in [0.717, 1.165) is 12.1 Å². The number of esters is 1. The molecule has 9 heteroatoms. The number of benzene rings is 1. The lowest BCUT2D eigenvalue weighted by Crippen LogP contribution is -2.37. The van der Waals surface area contributed by atoms with Crippen molar-refractivity contribution >= 4 is 23.2 Å². The molecule has 1 heterocycles. The van der Waals surface area contributed by atoms with Crippen LogP contribution in [0.2, 0.25) is 0 Å². The van der Waals surface area contributed by atoms with Crippen LogP contribution in [0.3, 0.4) is 0 Å². The van der Waals surface area contributed by atoms with Crippen molar-refractivity contribution in [3.63, 3.8) is 0 Å². The SMILES string of the molecule is CCOC(=O)[C@@H](C(=O)c1ccc([N+](=O)[O-])cc1)[C@H](c1ccco1)[C@H](C#N)C(C)=N. The molecule has 0 radical (unpaired) electrons. The van der Waals surface area contributed by atoms with Crippen molar-refractivity contribution in [2.75, 3.05) is 6.61 Å². The minimum absolute atomic E-state index is 0.00847. The maximum atomic E-state index is 13.2. The van der Waals surface area contributed by atoms with Gasteiger partial charge in [0, 0.05) is 23.4 Å². The van der Waals surface area contributed by atoms with Crippen molar-refractivity contribution in [3.05, 3.63) is 64.1 Å². The highest BCUT2D eigenvalue weighted by molar-refractivity contribution is 6.10. The van der Waals surface area contributed by atoms with Crippen LogP contribution in [0.5, 0.6) is 0 Å². The number of nitrogens with one attached hydrogen (secondary N) is 1. The van der Waals surface area contributed by atoms with Crippen molar-refractivity contribution < 1.29 is 23.7 Å². The molecule has 0 saturated heterocycles. The van der Waals surface area contributed by atoms with Crippen LogP contribution in [-0.4, -0.2) is 29.0 Å². The van der Waals surface area contributed by atoms with E-state index < -0.39 is 34.4 Å². The third-order valence-electron chi connectivity index (χ3n) is 4.38. The minimum Gasteiger partial charge on any atom is -0.469 e. The molecule has 0 unspecified atom stereocenters. The first-order valence-electron chi connectivity index (χ1n) is 8.75. The van der Waals surface area contributed by atoms with Gasteiger partial charge in [-0.05, 0) is 38.1 Å². The molecule has 1 N–H and O–H groups in total. The molecule has 2 aromatic rings. The van der Waals surface area contributed by atoms with E-state index in [1.165, 1.54) is 31.4 Å². The van der Waals surface area contributed by atoms with Gasteiger partial charge >= 0.3 is 5.97 Å². The smallest absolute Gasteiger partial charge is 0.317 e. The molecule has 0 spiro atoms. The molecule has 2 rings (SSSR count). The van der Waals surface area contributed by atoms with Crippen molar-refractivity contribution in [2.45, 2.75) is 19.8 Å². The average molecular weight is 397 g/mol. The zero-order valence-electron chi connectivity index (χ0n) is 15.8. The number of carbonyl (C=O) groups excluding carboxylic acids is 2. The molecule has 29 heavy (non-hydrogen) atoms. The largest absolute Gasteiger partial charge is 0.469 e. The Morgan fingerprint density at radius 1 is 1.31 bits per heavy atom. The second-order valence-electron chi connectivity index (χ2n) is 6.23. The summed E-state index contributed by atoms with van der Waals surface area (Å²) < 4.78 is 10.4. The van der Waals surface area contributed by atoms with Crippen molar-refractivity contribution in [3.8, 4) is 6.07 Å². The fraction of sp³-hybridized carbons (Fsp3) is 0.300. The molecule has 150 valence electrons. The van der Waals surface area contributed by atoms with Crippen LogP contribution in [0.15, 0.2) is 47.1 Å². The van der Waals surface area contributed by atoms with Gasteiger partial charge in [0.2, 0.25) is 0 Å². The van der Waals surface area contributed by atoms with E-state index in [4.69, 9.17) is 14.6 Å². The van der Waals surface area contributed by atoms with E-state index in [9.17, 15) is 25.0 Å². The first kappa shape index (κ1) is 21.5. The Balaban J connectivity index is 2.58. The standard InChI is InChI=1S/C20H19N3O6/c1-3-28-20(25)18(19(24)13-6-8-14(9-7-13)23(26)27)17(15(11-21)12(2)22)16-5-4-10-29-16/h4-10,15,17-18,22H,3H2,1-2H3/t15-,17+,18-/m1/s1. The maximum absolute atomic E-state index is 13.2.